The van der Waals surface area contributed by atoms with E-state index in [2.05, 4.69) is 46.5 Å². The summed E-state index contributed by atoms with van der Waals surface area (Å²) in [4.78, 5) is 11.7. The van der Waals surface area contributed by atoms with Gasteiger partial charge in [0.2, 0.25) is 0 Å². The van der Waals surface area contributed by atoms with Gasteiger partial charge >= 0.3 is 0 Å². The number of allylic oxidation sites excluding steroid dienone is 2. The lowest BCUT2D eigenvalue weighted by Gasteiger charge is -2.30. The number of rotatable bonds is 8. The topological polar surface area (TPSA) is 29.1 Å². The van der Waals surface area contributed by atoms with E-state index in [1.165, 1.54) is 6.42 Å². The van der Waals surface area contributed by atoms with E-state index >= 15 is 0 Å². The smallest absolute Gasteiger partial charge is 0.175 e. The molecule has 0 bridgehead atoms. The van der Waals surface area contributed by atoms with Crippen molar-refractivity contribution in [1.29, 1.82) is 0 Å². The third kappa shape index (κ3) is 4.32. The number of hydrogen-bond acceptors (Lipinski definition) is 2. The molecule has 1 N–H and O–H groups in total. The van der Waals surface area contributed by atoms with Crippen LogP contribution in [0.4, 0.5) is 0 Å². The Hall–Kier alpha value is -1.05. The van der Waals surface area contributed by atoms with Crippen LogP contribution in [0.2, 0.25) is 0 Å². The van der Waals surface area contributed by atoms with Gasteiger partial charge in [-0.1, -0.05) is 47.1 Å². The molecule has 0 spiro atoms. The second-order valence-electron chi connectivity index (χ2n) is 5.21. The molecule has 0 radical (unpaired) electrons. The van der Waals surface area contributed by atoms with E-state index in [-0.39, 0.29) is 5.78 Å². The lowest BCUT2D eigenvalue weighted by atomic mass is 9.76. The standard InChI is InChI=1S/C16H29NO/c1-8-11(4)15(9-2)12(5)13(6)16(14(7)18)17-10-3/h10-12,15,17H,3,8-9H2,1-2,4-7H3/b16-13-/t11-,12?,15+/m0/s1. The molecule has 0 aromatic heterocycles. The molecular weight excluding hydrogens is 222 g/mol. The fourth-order valence-corrected chi connectivity index (χ4v) is 2.70. The van der Waals surface area contributed by atoms with E-state index in [4.69, 9.17) is 0 Å². The minimum Gasteiger partial charge on any atom is -0.359 e. The molecule has 0 heterocycles. The molecule has 3 atom stereocenters. The van der Waals surface area contributed by atoms with Gasteiger partial charge in [0.05, 0.1) is 5.70 Å². The van der Waals surface area contributed by atoms with Gasteiger partial charge in [0.15, 0.2) is 5.78 Å². The molecule has 0 saturated carbocycles. The van der Waals surface area contributed by atoms with Gasteiger partial charge in [-0.05, 0) is 36.5 Å². The predicted molar refractivity (Wildman–Crippen MR) is 79.1 cm³/mol. The molecule has 1 unspecified atom stereocenters. The average molecular weight is 251 g/mol. The maximum absolute atomic E-state index is 11.7. The zero-order valence-corrected chi connectivity index (χ0v) is 12.8. The molecule has 0 aromatic carbocycles. The minimum absolute atomic E-state index is 0.0817. The fraction of sp³-hybridized carbons (Fsp3) is 0.688. The van der Waals surface area contributed by atoms with Crippen molar-refractivity contribution in [1.82, 2.24) is 5.32 Å². The third-order valence-electron chi connectivity index (χ3n) is 4.16. The summed E-state index contributed by atoms with van der Waals surface area (Å²) >= 11 is 0. The number of Topliss-reactive ketones (excluding diaryl/α,β-unsaturated/α-hetero) is 1. The summed E-state index contributed by atoms with van der Waals surface area (Å²) in [5.41, 5.74) is 1.86. The summed E-state index contributed by atoms with van der Waals surface area (Å²) in [5.74, 6) is 1.79. The minimum atomic E-state index is 0.0817. The highest BCUT2D eigenvalue weighted by Gasteiger charge is 2.24. The van der Waals surface area contributed by atoms with E-state index in [0.717, 1.165) is 12.0 Å². The SMILES string of the molecule is C=CN/C(C(C)=O)=C(/C)C(C)[C@H](CC)[C@@H](C)CC. The molecule has 0 aliphatic rings. The van der Waals surface area contributed by atoms with Crippen LogP contribution < -0.4 is 5.32 Å². The Kier molecular flexibility index (Phi) is 7.65. The number of ketones is 1. The molecule has 104 valence electrons. The van der Waals surface area contributed by atoms with E-state index < -0.39 is 0 Å². The average Bonchev–Trinajstić information content (AvgIpc) is 2.34. The fourth-order valence-electron chi connectivity index (χ4n) is 2.70. The molecule has 2 heteroatoms. The van der Waals surface area contributed by atoms with Gasteiger partial charge in [0.25, 0.3) is 0 Å². The summed E-state index contributed by atoms with van der Waals surface area (Å²) < 4.78 is 0. The molecule has 18 heavy (non-hydrogen) atoms. The zero-order valence-electron chi connectivity index (χ0n) is 12.8. The van der Waals surface area contributed by atoms with Crippen LogP contribution in [0, 0.1) is 17.8 Å². The van der Waals surface area contributed by atoms with Crippen LogP contribution in [-0.2, 0) is 4.79 Å². The Bertz CT molecular complexity index is 317. The number of carbonyl (C=O) groups excluding carboxylic acids is 1. The Morgan fingerprint density at radius 1 is 1.22 bits per heavy atom. The molecule has 0 aromatic rings. The van der Waals surface area contributed by atoms with Crippen molar-refractivity contribution in [2.45, 2.75) is 54.4 Å². The third-order valence-corrected chi connectivity index (χ3v) is 4.16. The Morgan fingerprint density at radius 3 is 2.11 bits per heavy atom. The first kappa shape index (κ1) is 16.9. The molecule has 0 aliphatic heterocycles. The maximum Gasteiger partial charge on any atom is 0.175 e. The van der Waals surface area contributed by atoms with E-state index in [1.54, 1.807) is 13.1 Å². The van der Waals surface area contributed by atoms with Crippen molar-refractivity contribution < 1.29 is 4.79 Å². The number of nitrogens with one attached hydrogen (secondary N) is 1. The van der Waals surface area contributed by atoms with Crippen molar-refractivity contribution in [2.24, 2.45) is 17.8 Å². The molecule has 0 aliphatic carbocycles. The Balaban J connectivity index is 5.23. The Morgan fingerprint density at radius 2 is 1.78 bits per heavy atom. The molecule has 0 rings (SSSR count). The number of hydrogen-bond donors (Lipinski definition) is 1. The van der Waals surface area contributed by atoms with Crippen LogP contribution in [0.15, 0.2) is 24.0 Å². The van der Waals surface area contributed by atoms with Crippen LogP contribution in [0.25, 0.3) is 0 Å². The highest BCUT2D eigenvalue weighted by Crippen LogP contribution is 2.32. The Labute approximate surface area is 113 Å². The van der Waals surface area contributed by atoms with Gasteiger partial charge in [-0.3, -0.25) is 4.79 Å². The van der Waals surface area contributed by atoms with Crippen molar-refractivity contribution in [3.8, 4) is 0 Å². The van der Waals surface area contributed by atoms with Gasteiger partial charge in [0, 0.05) is 6.92 Å². The first-order valence-electron chi connectivity index (χ1n) is 6.99. The number of carbonyl (C=O) groups is 1. The predicted octanol–water partition coefficient (Wildman–Crippen LogP) is 4.29. The lowest BCUT2D eigenvalue weighted by Crippen LogP contribution is -2.24. The van der Waals surface area contributed by atoms with Crippen molar-refractivity contribution >= 4 is 5.78 Å². The largest absolute Gasteiger partial charge is 0.359 e. The second-order valence-corrected chi connectivity index (χ2v) is 5.21. The van der Waals surface area contributed by atoms with E-state index in [1.807, 2.05) is 0 Å². The van der Waals surface area contributed by atoms with Gasteiger partial charge < -0.3 is 5.32 Å². The normalized spacial score (nSPS) is 17.4. The highest BCUT2D eigenvalue weighted by atomic mass is 16.1. The van der Waals surface area contributed by atoms with Crippen LogP contribution >= 0.6 is 0 Å². The highest BCUT2D eigenvalue weighted by molar-refractivity contribution is 5.93. The molecule has 0 saturated heterocycles. The van der Waals surface area contributed by atoms with Crippen LogP contribution in [0.1, 0.15) is 54.4 Å². The van der Waals surface area contributed by atoms with Crippen LogP contribution in [0.3, 0.4) is 0 Å². The molecule has 0 fully saturated rings. The van der Waals surface area contributed by atoms with Crippen molar-refractivity contribution in [2.75, 3.05) is 0 Å². The summed E-state index contributed by atoms with van der Waals surface area (Å²) in [7, 11) is 0. The van der Waals surface area contributed by atoms with Crippen molar-refractivity contribution in [3.63, 3.8) is 0 Å². The second kappa shape index (κ2) is 8.12. The molecular formula is C16H29NO. The molecule has 0 amide bonds. The summed E-state index contributed by atoms with van der Waals surface area (Å²) in [6, 6.07) is 0. The van der Waals surface area contributed by atoms with Gasteiger partial charge in [-0.2, -0.15) is 0 Å². The summed E-state index contributed by atoms with van der Waals surface area (Å²) in [6.45, 7) is 16.3. The van der Waals surface area contributed by atoms with Crippen LogP contribution in [0.5, 0.6) is 0 Å². The summed E-state index contributed by atoms with van der Waals surface area (Å²) in [5, 5.41) is 2.99. The van der Waals surface area contributed by atoms with Gasteiger partial charge in [0.1, 0.15) is 0 Å². The first-order chi connectivity index (χ1) is 8.40. The van der Waals surface area contributed by atoms with Crippen LogP contribution in [-0.4, -0.2) is 5.78 Å². The molecule has 2 nitrogen and oxygen atoms in total. The first-order valence-corrected chi connectivity index (χ1v) is 6.99. The van der Waals surface area contributed by atoms with Crippen molar-refractivity contribution in [3.05, 3.63) is 24.0 Å². The maximum atomic E-state index is 11.7. The van der Waals surface area contributed by atoms with E-state index in [0.29, 0.717) is 23.5 Å². The monoisotopic (exact) mass is 251 g/mol. The van der Waals surface area contributed by atoms with Gasteiger partial charge in [-0.15, -0.1) is 0 Å². The quantitative estimate of drug-likeness (QED) is 0.652. The van der Waals surface area contributed by atoms with Gasteiger partial charge in [-0.25, -0.2) is 0 Å². The zero-order chi connectivity index (χ0) is 14.3. The lowest BCUT2D eigenvalue weighted by molar-refractivity contribution is -0.114. The van der Waals surface area contributed by atoms with E-state index in [9.17, 15) is 4.79 Å². The summed E-state index contributed by atoms with van der Waals surface area (Å²) in [6.07, 6.45) is 3.91.